The molecule has 2 aromatic rings. The summed E-state index contributed by atoms with van der Waals surface area (Å²) in [5.41, 5.74) is 5.55. The van der Waals surface area contributed by atoms with E-state index >= 15 is 0 Å². The van der Waals surface area contributed by atoms with Crippen LogP contribution in [0.3, 0.4) is 0 Å². The van der Waals surface area contributed by atoms with Gasteiger partial charge in [-0.05, 0) is 6.07 Å². The summed E-state index contributed by atoms with van der Waals surface area (Å²) in [6.07, 6.45) is 2.65. The van der Waals surface area contributed by atoms with E-state index in [1.165, 1.54) is 18.5 Å². The number of hydrogen-bond acceptors (Lipinski definition) is 4. The maximum absolute atomic E-state index is 10.7. The van der Waals surface area contributed by atoms with E-state index in [1.54, 1.807) is 0 Å². The molecule has 17 heavy (non-hydrogen) atoms. The quantitative estimate of drug-likeness (QED) is 0.416. The van der Waals surface area contributed by atoms with Crippen LogP contribution >= 0.6 is 0 Å². The van der Waals surface area contributed by atoms with Gasteiger partial charge in [0.2, 0.25) is 0 Å². The van der Waals surface area contributed by atoms with E-state index < -0.39 is 10.8 Å². The van der Waals surface area contributed by atoms with E-state index in [2.05, 4.69) is 21.8 Å². The van der Waals surface area contributed by atoms with Gasteiger partial charge in [0.25, 0.3) is 11.6 Å². The van der Waals surface area contributed by atoms with Gasteiger partial charge in [0.1, 0.15) is 5.65 Å². The third kappa shape index (κ3) is 2.05. The number of carbonyl (C=O) groups excluding carboxylic acids is 1. The number of H-pyrrole nitrogens is 1. The van der Waals surface area contributed by atoms with Crippen LogP contribution < -0.4 is 5.73 Å². The lowest BCUT2D eigenvalue weighted by Gasteiger charge is -1.91. The largest absolute Gasteiger partial charge is 0.359 e. The molecule has 0 aliphatic heterocycles. The predicted molar refractivity (Wildman–Crippen MR) is 58.8 cm³/mol. The Morgan fingerprint density at radius 2 is 2.35 bits per heavy atom. The van der Waals surface area contributed by atoms with Gasteiger partial charge in [0, 0.05) is 17.7 Å². The summed E-state index contributed by atoms with van der Waals surface area (Å²) in [7, 11) is 0. The highest BCUT2D eigenvalue weighted by atomic mass is 16.6. The van der Waals surface area contributed by atoms with E-state index in [0.717, 1.165) is 0 Å². The minimum atomic E-state index is -0.770. The van der Waals surface area contributed by atoms with Crippen molar-refractivity contribution in [3.8, 4) is 11.8 Å². The maximum Gasteiger partial charge on any atom is 0.296 e. The maximum atomic E-state index is 10.7. The van der Waals surface area contributed by atoms with Crippen molar-refractivity contribution in [1.29, 1.82) is 0 Å². The first-order valence-electron chi connectivity index (χ1n) is 4.51. The number of pyridine rings is 1. The Balaban J connectivity index is 2.56. The highest BCUT2D eigenvalue weighted by Gasteiger charge is 2.14. The zero-order chi connectivity index (χ0) is 12.4. The van der Waals surface area contributed by atoms with E-state index in [1.807, 2.05) is 0 Å². The normalized spacial score (nSPS) is 9.65. The molecule has 0 aromatic carbocycles. The molecule has 7 heteroatoms. The first kappa shape index (κ1) is 10.6. The summed E-state index contributed by atoms with van der Waals surface area (Å²) in [4.78, 5) is 27.3. The molecule has 0 radical (unpaired) electrons. The van der Waals surface area contributed by atoms with E-state index in [0.29, 0.717) is 16.6 Å². The number of nitro groups is 1. The van der Waals surface area contributed by atoms with Gasteiger partial charge < -0.3 is 10.7 Å². The van der Waals surface area contributed by atoms with Crippen molar-refractivity contribution in [2.75, 3.05) is 0 Å². The molecule has 2 heterocycles. The van der Waals surface area contributed by atoms with Gasteiger partial charge in [-0.15, -0.1) is 0 Å². The Hall–Kier alpha value is -2.88. The summed E-state index contributed by atoms with van der Waals surface area (Å²) >= 11 is 0. The Morgan fingerprint density at radius 1 is 1.59 bits per heavy atom. The number of aromatic nitrogens is 2. The molecule has 0 aliphatic carbocycles. The molecule has 0 spiro atoms. The molecule has 7 nitrogen and oxygen atoms in total. The van der Waals surface area contributed by atoms with Gasteiger partial charge >= 0.3 is 0 Å². The molecular formula is C10H6N4O3. The van der Waals surface area contributed by atoms with Crippen LogP contribution in [0.1, 0.15) is 5.56 Å². The standard InChI is InChI=1S/C10H6N4O3/c11-9(15)2-1-6-3-7-8(14(16)17)5-13-10(7)12-4-6/h3-5H,(H2,11,15)(H,12,13). The molecule has 0 unspecified atom stereocenters. The molecule has 0 bridgehead atoms. The number of amides is 1. The molecule has 2 aromatic heterocycles. The first-order valence-corrected chi connectivity index (χ1v) is 4.51. The number of rotatable bonds is 1. The molecule has 0 saturated carbocycles. The van der Waals surface area contributed by atoms with Gasteiger partial charge in [0.05, 0.1) is 16.5 Å². The molecule has 3 N–H and O–H groups in total. The highest BCUT2D eigenvalue weighted by molar-refractivity contribution is 5.93. The van der Waals surface area contributed by atoms with Crippen molar-refractivity contribution in [2.24, 2.45) is 5.73 Å². The van der Waals surface area contributed by atoms with Crippen LogP contribution in [0.15, 0.2) is 18.5 Å². The molecule has 0 atom stereocenters. The van der Waals surface area contributed by atoms with Crippen LogP contribution in [0.2, 0.25) is 0 Å². The molecule has 84 valence electrons. The second-order valence-corrected chi connectivity index (χ2v) is 3.17. The lowest BCUT2D eigenvalue weighted by molar-refractivity contribution is -0.383. The van der Waals surface area contributed by atoms with E-state index in [4.69, 9.17) is 5.73 Å². The number of nitrogens with two attached hydrogens (primary N) is 1. The van der Waals surface area contributed by atoms with Crippen molar-refractivity contribution in [3.63, 3.8) is 0 Å². The minimum absolute atomic E-state index is 0.0878. The second kappa shape index (κ2) is 3.94. The van der Waals surface area contributed by atoms with Crippen molar-refractivity contribution in [3.05, 3.63) is 34.1 Å². The fourth-order valence-corrected chi connectivity index (χ4v) is 1.34. The van der Waals surface area contributed by atoms with Crippen LogP contribution in [-0.2, 0) is 4.79 Å². The van der Waals surface area contributed by atoms with Gasteiger partial charge in [-0.1, -0.05) is 5.92 Å². The van der Waals surface area contributed by atoms with Crippen molar-refractivity contribution < 1.29 is 9.72 Å². The van der Waals surface area contributed by atoms with Crippen molar-refractivity contribution >= 4 is 22.6 Å². The fraction of sp³-hybridized carbons (Fsp3) is 0. The summed E-state index contributed by atoms with van der Waals surface area (Å²) in [5, 5.41) is 11.0. The number of aromatic amines is 1. The number of fused-ring (bicyclic) bond motifs is 1. The topological polar surface area (TPSA) is 115 Å². The lowest BCUT2D eigenvalue weighted by Crippen LogP contribution is -2.06. The van der Waals surface area contributed by atoms with E-state index in [-0.39, 0.29) is 5.69 Å². The predicted octanol–water partition coefficient (Wildman–Crippen LogP) is 0.308. The van der Waals surface area contributed by atoms with Crippen LogP contribution in [0.5, 0.6) is 0 Å². The van der Waals surface area contributed by atoms with Crippen LogP contribution in [0, 0.1) is 22.0 Å². The summed E-state index contributed by atoms with van der Waals surface area (Å²) < 4.78 is 0. The van der Waals surface area contributed by atoms with Crippen molar-refractivity contribution in [2.45, 2.75) is 0 Å². The summed E-state index contributed by atoms with van der Waals surface area (Å²) in [6.45, 7) is 0. The molecule has 2 rings (SSSR count). The number of nitrogens with zero attached hydrogens (tertiary/aromatic N) is 2. The number of nitrogens with one attached hydrogen (secondary N) is 1. The number of hydrogen-bond donors (Lipinski definition) is 2. The van der Waals surface area contributed by atoms with Crippen LogP contribution in [0.25, 0.3) is 11.0 Å². The SMILES string of the molecule is NC(=O)C#Cc1cnc2[nH]cc([N+](=O)[O-])c2c1. The minimum Gasteiger partial charge on any atom is -0.359 e. The van der Waals surface area contributed by atoms with Gasteiger partial charge in [0.15, 0.2) is 0 Å². The first-order chi connectivity index (χ1) is 8.08. The molecule has 0 aliphatic rings. The van der Waals surface area contributed by atoms with Crippen LogP contribution in [0.4, 0.5) is 5.69 Å². The van der Waals surface area contributed by atoms with Crippen LogP contribution in [-0.4, -0.2) is 20.8 Å². The zero-order valence-electron chi connectivity index (χ0n) is 8.43. The third-order valence-corrected chi connectivity index (χ3v) is 2.04. The average Bonchev–Trinajstić information content (AvgIpc) is 2.69. The molecule has 0 saturated heterocycles. The Bertz CT molecular complexity index is 678. The smallest absolute Gasteiger partial charge is 0.296 e. The number of primary amides is 1. The molecule has 1 amide bonds. The Morgan fingerprint density at radius 3 is 3.00 bits per heavy atom. The zero-order valence-corrected chi connectivity index (χ0v) is 8.43. The van der Waals surface area contributed by atoms with Gasteiger partial charge in [-0.2, -0.15) is 0 Å². The second-order valence-electron chi connectivity index (χ2n) is 3.17. The summed E-state index contributed by atoms with van der Waals surface area (Å²) in [5.74, 6) is 3.84. The summed E-state index contributed by atoms with van der Waals surface area (Å²) in [6, 6.07) is 1.48. The lowest BCUT2D eigenvalue weighted by atomic mass is 10.2. The van der Waals surface area contributed by atoms with Crippen molar-refractivity contribution in [1.82, 2.24) is 9.97 Å². The number of carbonyl (C=O) groups is 1. The monoisotopic (exact) mass is 230 g/mol. The third-order valence-electron chi connectivity index (χ3n) is 2.04. The Kier molecular flexibility index (Phi) is 2.46. The average molecular weight is 230 g/mol. The Labute approximate surface area is 94.8 Å². The van der Waals surface area contributed by atoms with Gasteiger partial charge in [-0.3, -0.25) is 14.9 Å². The highest BCUT2D eigenvalue weighted by Crippen LogP contribution is 2.23. The van der Waals surface area contributed by atoms with Gasteiger partial charge in [-0.25, -0.2) is 4.98 Å². The molecular weight excluding hydrogens is 224 g/mol. The van der Waals surface area contributed by atoms with E-state index in [9.17, 15) is 14.9 Å². The fourth-order valence-electron chi connectivity index (χ4n) is 1.34. The molecule has 0 fully saturated rings.